The van der Waals surface area contributed by atoms with Gasteiger partial charge < -0.3 is 10.2 Å². The first-order valence-electron chi connectivity index (χ1n) is 9.87. The van der Waals surface area contributed by atoms with Gasteiger partial charge in [-0.05, 0) is 54.8 Å². The van der Waals surface area contributed by atoms with E-state index in [9.17, 15) is 9.59 Å². The minimum Gasteiger partial charge on any atom is -0.325 e. The van der Waals surface area contributed by atoms with Crippen LogP contribution in [-0.2, 0) is 16.1 Å². The Morgan fingerprint density at radius 1 is 0.833 bits per heavy atom. The molecule has 3 aromatic carbocycles. The van der Waals surface area contributed by atoms with Gasteiger partial charge in [0.1, 0.15) is 0 Å². The van der Waals surface area contributed by atoms with Crippen LogP contribution in [0.3, 0.4) is 0 Å². The highest BCUT2D eigenvalue weighted by Crippen LogP contribution is 2.19. The van der Waals surface area contributed by atoms with E-state index < -0.39 is 0 Å². The summed E-state index contributed by atoms with van der Waals surface area (Å²) >= 11 is 1.33. The van der Waals surface area contributed by atoms with Gasteiger partial charge in [-0.2, -0.15) is 0 Å². The predicted molar refractivity (Wildman–Crippen MR) is 126 cm³/mol. The number of aryl methyl sites for hydroxylation is 2. The SMILES string of the molecule is Cc1ccc(NC(=O)CSCC(=O)N(Cc2ccccc2)c2ccccc2)cc1C. The molecule has 0 saturated carbocycles. The van der Waals surface area contributed by atoms with Gasteiger partial charge >= 0.3 is 0 Å². The molecule has 0 spiro atoms. The van der Waals surface area contributed by atoms with Crippen LogP contribution in [0.1, 0.15) is 16.7 Å². The van der Waals surface area contributed by atoms with E-state index in [0.29, 0.717) is 6.54 Å². The van der Waals surface area contributed by atoms with Gasteiger partial charge in [0, 0.05) is 11.4 Å². The summed E-state index contributed by atoms with van der Waals surface area (Å²) < 4.78 is 0. The van der Waals surface area contributed by atoms with Crippen molar-refractivity contribution in [1.29, 1.82) is 0 Å². The second-order valence-electron chi connectivity index (χ2n) is 7.14. The van der Waals surface area contributed by atoms with Crippen LogP contribution < -0.4 is 10.2 Å². The molecule has 4 nitrogen and oxygen atoms in total. The summed E-state index contributed by atoms with van der Waals surface area (Å²) in [5.41, 5.74) is 5.02. The van der Waals surface area contributed by atoms with Gasteiger partial charge in [-0.15, -0.1) is 11.8 Å². The number of anilines is 2. The van der Waals surface area contributed by atoms with Gasteiger partial charge in [0.05, 0.1) is 18.1 Å². The van der Waals surface area contributed by atoms with Gasteiger partial charge in [0.2, 0.25) is 11.8 Å². The molecule has 0 saturated heterocycles. The van der Waals surface area contributed by atoms with Crippen molar-refractivity contribution in [3.63, 3.8) is 0 Å². The smallest absolute Gasteiger partial charge is 0.237 e. The van der Waals surface area contributed by atoms with Crippen molar-refractivity contribution in [2.24, 2.45) is 0 Å². The molecule has 0 aliphatic rings. The Morgan fingerprint density at radius 2 is 1.50 bits per heavy atom. The van der Waals surface area contributed by atoms with Gasteiger partial charge in [0.25, 0.3) is 0 Å². The quantitative estimate of drug-likeness (QED) is 0.546. The average Bonchev–Trinajstić information content (AvgIpc) is 2.76. The molecule has 0 atom stereocenters. The van der Waals surface area contributed by atoms with Crippen LogP contribution in [0.2, 0.25) is 0 Å². The molecule has 1 N–H and O–H groups in total. The van der Waals surface area contributed by atoms with Crippen molar-refractivity contribution in [3.8, 4) is 0 Å². The highest BCUT2D eigenvalue weighted by Gasteiger charge is 2.17. The lowest BCUT2D eigenvalue weighted by Crippen LogP contribution is -2.32. The molecule has 30 heavy (non-hydrogen) atoms. The highest BCUT2D eigenvalue weighted by atomic mass is 32.2. The molecule has 0 aliphatic carbocycles. The van der Waals surface area contributed by atoms with Crippen LogP contribution in [0.4, 0.5) is 11.4 Å². The van der Waals surface area contributed by atoms with Crippen LogP contribution in [0, 0.1) is 13.8 Å². The molecule has 0 bridgehead atoms. The Balaban J connectivity index is 1.57. The van der Waals surface area contributed by atoms with Crippen LogP contribution in [-0.4, -0.2) is 23.3 Å². The topological polar surface area (TPSA) is 49.4 Å². The van der Waals surface area contributed by atoms with E-state index in [1.165, 1.54) is 17.3 Å². The van der Waals surface area contributed by atoms with Crippen LogP contribution in [0.25, 0.3) is 0 Å². The standard InChI is InChI=1S/C25H26N2O2S/c1-19-13-14-22(15-20(19)2)26-24(28)17-30-18-25(29)27(23-11-7-4-8-12-23)16-21-9-5-3-6-10-21/h3-15H,16-18H2,1-2H3,(H,26,28). The zero-order valence-electron chi connectivity index (χ0n) is 17.3. The molecular formula is C25H26N2O2S. The zero-order valence-corrected chi connectivity index (χ0v) is 18.1. The summed E-state index contributed by atoms with van der Waals surface area (Å²) in [6.07, 6.45) is 0. The number of carbonyl (C=O) groups excluding carboxylic acids is 2. The minimum absolute atomic E-state index is 0.0194. The number of amides is 2. The normalized spacial score (nSPS) is 10.5. The monoisotopic (exact) mass is 418 g/mol. The molecule has 0 radical (unpaired) electrons. The number of thioether (sulfide) groups is 1. The van der Waals surface area contributed by atoms with Gasteiger partial charge in [0.15, 0.2) is 0 Å². The summed E-state index contributed by atoms with van der Waals surface area (Å²) in [4.78, 5) is 27.0. The maximum atomic E-state index is 12.9. The number of hydrogen-bond donors (Lipinski definition) is 1. The Kier molecular flexibility index (Phi) is 7.69. The van der Waals surface area contributed by atoms with Gasteiger partial charge in [-0.1, -0.05) is 54.6 Å². The summed E-state index contributed by atoms with van der Waals surface area (Å²) in [6, 6.07) is 25.4. The fourth-order valence-corrected chi connectivity index (χ4v) is 3.71. The van der Waals surface area contributed by atoms with E-state index in [2.05, 4.69) is 5.32 Å². The molecule has 3 rings (SSSR count). The molecule has 0 fully saturated rings. The largest absolute Gasteiger partial charge is 0.325 e. The lowest BCUT2D eigenvalue weighted by Gasteiger charge is -2.23. The van der Waals surface area contributed by atoms with Crippen molar-refractivity contribution in [2.45, 2.75) is 20.4 Å². The fraction of sp³-hybridized carbons (Fsp3) is 0.200. The first-order chi connectivity index (χ1) is 14.5. The molecule has 0 unspecified atom stereocenters. The number of para-hydroxylation sites is 1. The van der Waals surface area contributed by atoms with E-state index in [1.807, 2.05) is 92.7 Å². The van der Waals surface area contributed by atoms with E-state index in [1.54, 1.807) is 4.90 Å². The summed E-state index contributed by atoms with van der Waals surface area (Å²) in [6.45, 7) is 4.55. The third kappa shape index (κ3) is 6.22. The maximum absolute atomic E-state index is 12.9. The van der Waals surface area contributed by atoms with Crippen molar-refractivity contribution in [3.05, 3.63) is 95.6 Å². The summed E-state index contributed by atoms with van der Waals surface area (Å²) in [7, 11) is 0. The van der Waals surface area contributed by atoms with Crippen molar-refractivity contribution < 1.29 is 9.59 Å². The number of benzene rings is 3. The van der Waals surface area contributed by atoms with Gasteiger partial charge in [-0.25, -0.2) is 0 Å². The lowest BCUT2D eigenvalue weighted by atomic mass is 10.1. The first kappa shape index (κ1) is 21.7. The van der Waals surface area contributed by atoms with E-state index >= 15 is 0 Å². The predicted octanol–water partition coefficient (Wildman–Crippen LogP) is 5.21. The van der Waals surface area contributed by atoms with Crippen molar-refractivity contribution in [1.82, 2.24) is 0 Å². The van der Waals surface area contributed by atoms with Crippen molar-refractivity contribution in [2.75, 3.05) is 21.7 Å². The first-order valence-corrected chi connectivity index (χ1v) is 11.0. The summed E-state index contributed by atoms with van der Waals surface area (Å²) in [5.74, 6) is 0.341. The molecule has 0 heterocycles. The fourth-order valence-electron chi connectivity index (χ4n) is 3.02. The third-order valence-corrected chi connectivity index (χ3v) is 5.72. The molecule has 0 aliphatic heterocycles. The number of carbonyl (C=O) groups is 2. The average molecular weight is 419 g/mol. The third-order valence-electron chi connectivity index (χ3n) is 4.80. The lowest BCUT2D eigenvalue weighted by molar-refractivity contribution is -0.116. The Hall–Kier alpha value is -3.05. The molecule has 154 valence electrons. The van der Waals surface area contributed by atoms with E-state index in [-0.39, 0.29) is 23.3 Å². The minimum atomic E-state index is -0.106. The van der Waals surface area contributed by atoms with E-state index in [4.69, 9.17) is 0 Å². The van der Waals surface area contributed by atoms with E-state index in [0.717, 1.165) is 22.5 Å². The highest BCUT2D eigenvalue weighted by molar-refractivity contribution is 8.00. The number of hydrogen-bond acceptors (Lipinski definition) is 3. The maximum Gasteiger partial charge on any atom is 0.237 e. The zero-order chi connectivity index (χ0) is 21.3. The van der Waals surface area contributed by atoms with Crippen molar-refractivity contribution >= 4 is 35.0 Å². The molecule has 2 amide bonds. The molecule has 3 aromatic rings. The number of nitrogens with one attached hydrogen (secondary N) is 1. The van der Waals surface area contributed by atoms with Crippen LogP contribution in [0.5, 0.6) is 0 Å². The Labute approximate surface area is 182 Å². The molecular weight excluding hydrogens is 392 g/mol. The van der Waals surface area contributed by atoms with Crippen LogP contribution >= 0.6 is 11.8 Å². The second-order valence-corrected chi connectivity index (χ2v) is 8.13. The number of rotatable bonds is 8. The summed E-state index contributed by atoms with van der Waals surface area (Å²) in [5, 5.41) is 2.90. The Bertz CT molecular complexity index is 991. The van der Waals surface area contributed by atoms with Gasteiger partial charge in [-0.3, -0.25) is 9.59 Å². The second kappa shape index (κ2) is 10.6. The Morgan fingerprint density at radius 3 is 2.17 bits per heavy atom. The molecule has 5 heteroatoms. The molecule has 0 aromatic heterocycles. The number of nitrogens with zero attached hydrogens (tertiary/aromatic N) is 1. The van der Waals surface area contributed by atoms with Crippen LogP contribution in [0.15, 0.2) is 78.9 Å².